The van der Waals surface area contributed by atoms with E-state index in [2.05, 4.69) is 45.0 Å². The van der Waals surface area contributed by atoms with Crippen molar-refractivity contribution in [2.24, 2.45) is 0 Å². The Hall–Kier alpha value is -0.940. The smallest absolute Gasteiger partial charge is 0.119 e. The van der Waals surface area contributed by atoms with Gasteiger partial charge in [0.15, 0.2) is 0 Å². The summed E-state index contributed by atoms with van der Waals surface area (Å²) in [5, 5.41) is 0. The van der Waals surface area contributed by atoms with E-state index in [4.69, 9.17) is 4.74 Å². The molecule has 1 aromatic carbocycles. The first kappa shape index (κ1) is 13.7. The third-order valence-corrected chi connectivity index (χ3v) is 4.97. The quantitative estimate of drug-likeness (QED) is 0.840. The first-order valence-electron chi connectivity index (χ1n) is 8.28. The predicted octanol–water partition coefficient (Wildman–Crippen LogP) is 1.58. The van der Waals surface area contributed by atoms with Gasteiger partial charge in [0.25, 0.3) is 0 Å². The Morgan fingerprint density at radius 3 is 2.14 bits per heavy atom. The van der Waals surface area contributed by atoms with Gasteiger partial charge in [-0.15, -0.1) is 0 Å². The topological polar surface area (TPSA) is 19.0 Å². The molecule has 0 saturated carbocycles. The SMILES string of the molecule is c1ccc(COC2CN3CCCN4CCCN(C2)C43)cc1. The zero-order valence-corrected chi connectivity index (χ0v) is 12.7. The second-order valence-corrected chi connectivity index (χ2v) is 6.50. The Bertz CT molecular complexity index is 446. The lowest BCUT2D eigenvalue weighted by Gasteiger charge is -2.56. The zero-order valence-electron chi connectivity index (χ0n) is 12.7. The lowest BCUT2D eigenvalue weighted by atomic mass is 10.1. The predicted molar refractivity (Wildman–Crippen MR) is 82.8 cm³/mol. The molecule has 3 heterocycles. The van der Waals surface area contributed by atoms with Crippen LogP contribution in [-0.4, -0.2) is 66.4 Å². The van der Waals surface area contributed by atoms with Gasteiger partial charge < -0.3 is 4.74 Å². The molecule has 3 saturated heterocycles. The van der Waals surface area contributed by atoms with E-state index in [1.54, 1.807) is 0 Å². The second-order valence-electron chi connectivity index (χ2n) is 6.50. The molecule has 0 unspecified atom stereocenters. The number of nitrogens with zero attached hydrogens (tertiary/aromatic N) is 3. The summed E-state index contributed by atoms with van der Waals surface area (Å²) in [7, 11) is 0. The van der Waals surface area contributed by atoms with Gasteiger partial charge in [-0.25, -0.2) is 0 Å². The summed E-state index contributed by atoms with van der Waals surface area (Å²) in [6.07, 6.45) is 3.51. The van der Waals surface area contributed by atoms with Crippen molar-refractivity contribution in [3.8, 4) is 0 Å². The maximum Gasteiger partial charge on any atom is 0.119 e. The van der Waals surface area contributed by atoms with E-state index in [0.717, 1.165) is 19.7 Å². The van der Waals surface area contributed by atoms with Crippen molar-refractivity contribution in [1.29, 1.82) is 0 Å². The molecule has 0 bridgehead atoms. The van der Waals surface area contributed by atoms with Crippen LogP contribution < -0.4 is 0 Å². The molecule has 4 rings (SSSR count). The van der Waals surface area contributed by atoms with E-state index in [1.807, 2.05) is 0 Å². The minimum Gasteiger partial charge on any atom is -0.371 e. The van der Waals surface area contributed by atoms with E-state index in [-0.39, 0.29) is 0 Å². The summed E-state index contributed by atoms with van der Waals surface area (Å²) >= 11 is 0. The summed E-state index contributed by atoms with van der Waals surface area (Å²) in [4.78, 5) is 7.91. The molecule has 0 atom stereocenters. The summed E-state index contributed by atoms with van der Waals surface area (Å²) in [5.41, 5.74) is 1.28. The van der Waals surface area contributed by atoms with Crippen molar-refractivity contribution >= 4 is 0 Å². The van der Waals surface area contributed by atoms with Crippen molar-refractivity contribution < 1.29 is 4.74 Å². The van der Waals surface area contributed by atoms with Crippen molar-refractivity contribution in [2.45, 2.75) is 31.8 Å². The number of hydrogen-bond acceptors (Lipinski definition) is 4. The Balaban J connectivity index is 1.39. The van der Waals surface area contributed by atoms with Crippen LogP contribution in [0.2, 0.25) is 0 Å². The summed E-state index contributed by atoms with van der Waals surface area (Å²) < 4.78 is 6.21. The molecule has 0 amide bonds. The molecule has 3 aliphatic heterocycles. The van der Waals surface area contributed by atoms with E-state index in [9.17, 15) is 0 Å². The van der Waals surface area contributed by atoms with Gasteiger partial charge in [-0.3, -0.25) is 14.7 Å². The monoisotopic (exact) mass is 287 g/mol. The molecular weight excluding hydrogens is 262 g/mol. The summed E-state index contributed by atoms with van der Waals surface area (Å²) in [6.45, 7) is 7.91. The van der Waals surface area contributed by atoms with Gasteiger partial charge >= 0.3 is 0 Å². The maximum atomic E-state index is 6.21. The van der Waals surface area contributed by atoms with Crippen LogP contribution in [0, 0.1) is 0 Å². The molecule has 3 fully saturated rings. The molecule has 21 heavy (non-hydrogen) atoms. The number of ether oxygens (including phenoxy) is 1. The van der Waals surface area contributed by atoms with Crippen molar-refractivity contribution in [3.05, 3.63) is 35.9 Å². The highest BCUT2D eigenvalue weighted by Crippen LogP contribution is 2.27. The third kappa shape index (κ3) is 2.86. The minimum absolute atomic E-state index is 0.347. The van der Waals surface area contributed by atoms with Crippen LogP contribution in [0.5, 0.6) is 0 Å². The molecule has 0 radical (unpaired) electrons. The molecule has 0 aromatic heterocycles. The number of benzene rings is 1. The average molecular weight is 287 g/mol. The van der Waals surface area contributed by atoms with Crippen LogP contribution in [-0.2, 0) is 11.3 Å². The lowest BCUT2D eigenvalue weighted by molar-refractivity contribution is -0.178. The number of hydrogen-bond donors (Lipinski definition) is 0. The molecule has 0 N–H and O–H groups in total. The Morgan fingerprint density at radius 2 is 1.48 bits per heavy atom. The molecule has 3 aliphatic rings. The highest BCUT2D eigenvalue weighted by Gasteiger charge is 2.41. The summed E-state index contributed by atoms with van der Waals surface area (Å²) in [6, 6.07) is 10.5. The zero-order chi connectivity index (χ0) is 14.1. The van der Waals surface area contributed by atoms with E-state index in [0.29, 0.717) is 12.4 Å². The Labute approximate surface area is 127 Å². The highest BCUT2D eigenvalue weighted by atomic mass is 16.5. The Kier molecular flexibility index (Phi) is 3.95. The standard InChI is InChI=1S/C17H25N3O/c1-2-6-15(7-3-1)14-21-16-12-19-10-4-8-18-9-5-11-20(13-16)17(18)19/h1-3,6-7,16-17H,4-5,8-14H2. The number of rotatable bonds is 3. The molecule has 114 valence electrons. The second kappa shape index (κ2) is 6.05. The Morgan fingerprint density at radius 1 is 0.857 bits per heavy atom. The van der Waals surface area contributed by atoms with Gasteiger partial charge in [-0.05, 0) is 18.4 Å². The van der Waals surface area contributed by atoms with Crippen LogP contribution in [0.4, 0.5) is 0 Å². The first-order chi connectivity index (χ1) is 10.4. The van der Waals surface area contributed by atoms with E-state index >= 15 is 0 Å². The lowest BCUT2D eigenvalue weighted by Crippen LogP contribution is -2.70. The molecule has 4 heteroatoms. The van der Waals surface area contributed by atoms with E-state index in [1.165, 1.54) is 44.6 Å². The van der Waals surface area contributed by atoms with Crippen LogP contribution >= 0.6 is 0 Å². The van der Waals surface area contributed by atoms with Crippen molar-refractivity contribution in [1.82, 2.24) is 14.7 Å². The van der Waals surface area contributed by atoms with Gasteiger partial charge in [-0.1, -0.05) is 30.3 Å². The highest BCUT2D eigenvalue weighted by molar-refractivity contribution is 5.13. The van der Waals surface area contributed by atoms with Gasteiger partial charge in [0, 0.05) is 39.3 Å². The normalized spacial score (nSPS) is 31.0. The third-order valence-electron chi connectivity index (χ3n) is 4.97. The molecule has 0 spiro atoms. The molecular formula is C17H25N3O. The molecule has 4 nitrogen and oxygen atoms in total. The maximum absolute atomic E-state index is 6.21. The van der Waals surface area contributed by atoms with Gasteiger partial charge in [0.05, 0.1) is 12.7 Å². The van der Waals surface area contributed by atoms with Crippen molar-refractivity contribution in [2.75, 3.05) is 39.3 Å². The van der Waals surface area contributed by atoms with Crippen molar-refractivity contribution in [3.63, 3.8) is 0 Å². The first-order valence-corrected chi connectivity index (χ1v) is 8.28. The van der Waals surface area contributed by atoms with Crippen LogP contribution in [0.3, 0.4) is 0 Å². The largest absolute Gasteiger partial charge is 0.371 e. The van der Waals surface area contributed by atoms with Gasteiger partial charge in [0.1, 0.15) is 6.29 Å². The fourth-order valence-electron chi connectivity index (χ4n) is 4.07. The van der Waals surface area contributed by atoms with Crippen LogP contribution in [0.15, 0.2) is 30.3 Å². The fraction of sp³-hybridized carbons (Fsp3) is 0.647. The van der Waals surface area contributed by atoms with Crippen LogP contribution in [0.1, 0.15) is 18.4 Å². The van der Waals surface area contributed by atoms with Gasteiger partial charge in [0.2, 0.25) is 0 Å². The minimum atomic E-state index is 0.347. The summed E-state index contributed by atoms with van der Waals surface area (Å²) in [5.74, 6) is 0. The van der Waals surface area contributed by atoms with Crippen LogP contribution in [0.25, 0.3) is 0 Å². The fourth-order valence-corrected chi connectivity index (χ4v) is 4.07. The molecule has 0 aliphatic carbocycles. The average Bonchev–Trinajstić information content (AvgIpc) is 2.54. The molecule has 1 aromatic rings. The van der Waals surface area contributed by atoms with Gasteiger partial charge in [-0.2, -0.15) is 0 Å². The van der Waals surface area contributed by atoms with E-state index < -0.39 is 0 Å².